The third-order valence-corrected chi connectivity index (χ3v) is 4.84. The van der Waals surface area contributed by atoms with Gasteiger partial charge in [0.2, 0.25) is 0 Å². The van der Waals surface area contributed by atoms with Crippen molar-refractivity contribution in [2.75, 3.05) is 38.6 Å². The maximum Gasteiger partial charge on any atom is 0.0511 e. The van der Waals surface area contributed by atoms with Crippen LogP contribution in [0.15, 0.2) is 10.8 Å². The lowest BCUT2D eigenvalue weighted by Gasteiger charge is -2.38. The lowest BCUT2D eigenvalue weighted by Crippen LogP contribution is -2.43. The van der Waals surface area contributed by atoms with E-state index in [-0.39, 0.29) is 0 Å². The predicted octanol–water partition coefficient (Wildman–Crippen LogP) is 2.16. The Labute approximate surface area is 95.5 Å². The molecule has 1 spiro atoms. The monoisotopic (exact) mass is 222 g/mol. The van der Waals surface area contributed by atoms with Gasteiger partial charge in [-0.2, -0.15) is 0 Å². The minimum atomic E-state index is 0.483. The fourth-order valence-electron chi connectivity index (χ4n) is 3.08. The molecule has 0 N–H and O–H groups in total. The maximum absolute atomic E-state index is 2.45. The molecule has 1 saturated heterocycles. The van der Waals surface area contributed by atoms with Gasteiger partial charge in [0.25, 0.3) is 0 Å². The van der Waals surface area contributed by atoms with Crippen molar-refractivity contribution in [3.05, 3.63) is 16.3 Å². The summed E-state index contributed by atoms with van der Waals surface area (Å²) in [5.41, 5.74) is 3.60. The van der Waals surface area contributed by atoms with Gasteiger partial charge in [-0.05, 0) is 43.9 Å². The van der Waals surface area contributed by atoms with Crippen molar-refractivity contribution in [2.45, 2.75) is 18.3 Å². The Morgan fingerprint density at radius 3 is 2.67 bits per heavy atom. The molecule has 2 nitrogen and oxygen atoms in total. The van der Waals surface area contributed by atoms with Crippen molar-refractivity contribution in [3.8, 4) is 0 Å². The van der Waals surface area contributed by atoms with Gasteiger partial charge in [-0.1, -0.05) is 0 Å². The van der Waals surface area contributed by atoms with Gasteiger partial charge in [-0.15, -0.1) is 11.3 Å². The first-order valence-electron chi connectivity index (χ1n) is 5.68. The van der Waals surface area contributed by atoms with Crippen molar-refractivity contribution in [1.82, 2.24) is 4.90 Å². The summed E-state index contributed by atoms with van der Waals surface area (Å²) in [5.74, 6) is 0. The summed E-state index contributed by atoms with van der Waals surface area (Å²) >= 11 is 1.86. The van der Waals surface area contributed by atoms with E-state index in [1.807, 2.05) is 11.3 Å². The van der Waals surface area contributed by atoms with Crippen LogP contribution in [-0.2, 0) is 5.41 Å². The number of rotatable bonds is 0. The standard InChI is InChI=1S/C12H18N2S/c1-13-5-3-12(4-6-13)9-14(2)11-8-15-7-10(11)12/h7-8H,3-6,9H2,1-2H3. The molecule has 0 radical (unpaired) electrons. The summed E-state index contributed by atoms with van der Waals surface area (Å²) in [7, 11) is 4.47. The Balaban J connectivity index is 1.95. The molecule has 2 aliphatic heterocycles. The van der Waals surface area contributed by atoms with Crippen molar-refractivity contribution < 1.29 is 0 Å². The molecule has 1 aromatic rings. The fourth-order valence-corrected chi connectivity index (χ4v) is 4.09. The molecule has 0 saturated carbocycles. The van der Waals surface area contributed by atoms with Gasteiger partial charge in [0.05, 0.1) is 5.69 Å². The molecule has 15 heavy (non-hydrogen) atoms. The summed E-state index contributed by atoms with van der Waals surface area (Å²) < 4.78 is 0. The first kappa shape index (κ1) is 9.67. The molecule has 0 amide bonds. The van der Waals surface area contributed by atoms with Crippen LogP contribution in [0.25, 0.3) is 0 Å². The summed E-state index contributed by atoms with van der Waals surface area (Å²) in [4.78, 5) is 4.90. The van der Waals surface area contributed by atoms with E-state index in [4.69, 9.17) is 0 Å². The topological polar surface area (TPSA) is 6.48 Å². The molecule has 0 bridgehead atoms. The minimum absolute atomic E-state index is 0.483. The summed E-state index contributed by atoms with van der Waals surface area (Å²) in [6.07, 6.45) is 2.66. The molecular formula is C12H18N2S. The molecule has 2 aliphatic rings. The maximum atomic E-state index is 2.45. The third-order valence-electron chi connectivity index (χ3n) is 4.11. The molecule has 3 rings (SSSR count). The molecule has 1 fully saturated rings. The van der Waals surface area contributed by atoms with Gasteiger partial charge in [-0.25, -0.2) is 0 Å². The van der Waals surface area contributed by atoms with E-state index < -0.39 is 0 Å². The van der Waals surface area contributed by atoms with E-state index in [1.54, 1.807) is 5.56 Å². The van der Waals surface area contributed by atoms with Crippen LogP contribution in [0, 0.1) is 0 Å². The number of hydrogen-bond donors (Lipinski definition) is 0. The Kier molecular flexibility index (Phi) is 2.08. The fraction of sp³-hybridized carbons (Fsp3) is 0.667. The molecule has 1 aromatic heterocycles. The molecule has 0 aromatic carbocycles. The number of hydrogen-bond acceptors (Lipinski definition) is 3. The second-order valence-corrected chi connectivity index (χ2v) is 5.85. The molecular weight excluding hydrogens is 204 g/mol. The highest BCUT2D eigenvalue weighted by atomic mass is 32.1. The van der Waals surface area contributed by atoms with Crippen LogP contribution in [0.5, 0.6) is 0 Å². The third kappa shape index (κ3) is 1.33. The summed E-state index contributed by atoms with van der Waals surface area (Å²) in [5, 5.41) is 4.69. The van der Waals surface area contributed by atoms with Crippen molar-refractivity contribution in [1.29, 1.82) is 0 Å². The van der Waals surface area contributed by atoms with Crippen molar-refractivity contribution in [2.24, 2.45) is 0 Å². The quantitative estimate of drug-likeness (QED) is 0.664. The largest absolute Gasteiger partial charge is 0.373 e. The highest BCUT2D eigenvalue weighted by Crippen LogP contribution is 2.47. The highest BCUT2D eigenvalue weighted by Gasteiger charge is 2.43. The van der Waals surface area contributed by atoms with Gasteiger partial charge < -0.3 is 9.80 Å². The lowest BCUT2D eigenvalue weighted by atomic mass is 9.75. The van der Waals surface area contributed by atoms with Crippen LogP contribution in [0.2, 0.25) is 0 Å². The van der Waals surface area contributed by atoms with Crippen molar-refractivity contribution in [3.63, 3.8) is 0 Å². The number of thiophene rings is 1. The van der Waals surface area contributed by atoms with E-state index in [9.17, 15) is 0 Å². The summed E-state index contributed by atoms with van der Waals surface area (Å²) in [6, 6.07) is 0. The molecule has 0 unspecified atom stereocenters. The number of nitrogens with zero attached hydrogens (tertiary/aromatic N) is 2. The van der Waals surface area contributed by atoms with Crippen LogP contribution < -0.4 is 4.90 Å². The molecule has 82 valence electrons. The van der Waals surface area contributed by atoms with Gasteiger partial charge in [0, 0.05) is 24.4 Å². The van der Waals surface area contributed by atoms with Gasteiger partial charge >= 0.3 is 0 Å². The van der Waals surface area contributed by atoms with E-state index in [0.29, 0.717) is 5.41 Å². The average Bonchev–Trinajstić information content (AvgIpc) is 2.78. The van der Waals surface area contributed by atoms with Gasteiger partial charge in [-0.3, -0.25) is 0 Å². The van der Waals surface area contributed by atoms with Crippen LogP contribution in [0.1, 0.15) is 18.4 Å². The Morgan fingerprint density at radius 2 is 1.93 bits per heavy atom. The average molecular weight is 222 g/mol. The molecule has 0 aliphatic carbocycles. The number of piperidine rings is 1. The zero-order valence-corrected chi connectivity index (χ0v) is 10.3. The second kappa shape index (κ2) is 3.22. The Bertz CT molecular complexity index is 363. The number of likely N-dealkylation sites (tertiary alicyclic amines) is 1. The first-order valence-corrected chi connectivity index (χ1v) is 6.62. The number of anilines is 1. The van der Waals surface area contributed by atoms with Crippen molar-refractivity contribution >= 4 is 17.0 Å². The SMILES string of the molecule is CN1CCC2(CC1)CN(C)c1cscc12. The summed E-state index contributed by atoms with van der Waals surface area (Å²) in [6.45, 7) is 3.74. The Hall–Kier alpha value is -0.540. The predicted molar refractivity (Wildman–Crippen MR) is 66.0 cm³/mol. The number of fused-ring (bicyclic) bond motifs is 2. The normalized spacial score (nSPS) is 24.8. The van der Waals surface area contributed by atoms with E-state index in [1.165, 1.54) is 38.2 Å². The second-order valence-electron chi connectivity index (χ2n) is 5.11. The molecule has 0 atom stereocenters. The molecule has 3 heterocycles. The van der Waals surface area contributed by atoms with Crippen LogP contribution in [-0.4, -0.2) is 38.6 Å². The number of likely N-dealkylation sites (N-methyl/N-ethyl adjacent to an activating group) is 1. The van der Waals surface area contributed by atoms with E-state index in [2.05, 4.69) is 34.7 Å². The smallest absolute Gasteiger partial charge is 0.0511 e. The molecule has 3 heteroatoms. The van der Waals surface area contributed by atoms with E-state index >= 15 is 0 Å². The lowest BCUT2D eigenvalue weighted by molar-refractivity contribution is 0.197. The van der Waals surface area contributed by atoms with Gasteiger partial charge in [0.1, 0.15) is 0 Å². The zero-order chi connectivity index (χ0) is 10.5. The minimum Gasteiger partial charge on any atom is -0.373 e. The Morgan fingerprint density at radius 1 is 1.20 bits per heavy atom. The van der Waals surface area contributed by atoms with Crippen LogP contribution in [0.3, 0.4) is 0 Å². The highest BCUT2D eigenvalue weighted by molar-refractivity contribution is 7.08. The van der Waals surface area contributed by atoms with E-state index in [0.717, 1.165) is 0 Å². The van der Waals surface area contributed by atoms with Crippen LogP contribution >= 0.6 is 11.3 Å². The zero-order valence-electron chi connectivity index (χ0n) is 9.49. The van der Waals surface area contributed by atoms with Gasteiger partial charge in [0.15, 0.2) is 0 Å². The first-order chi connectivity index (χ1) is 7.21. The van der Waals surface area contributed by atoms with Crippen LogP contribution in [0.4, 0.5) is 5.69 Å².